The first-order chi connectivity index (χ1) is 15.6. The van der Waals surface area contributed by atoms with Gasteiger partial charge in [-0.15, -0.1) is 0 Å². The van der Waals surface area contributed by atoms with Gasteiger partial charge in [0.05, 0.1) is 13.4 Å². The summed E-state index contributed by atoms with van der Waals surface area (Å²) >= 11 is 0. The molecule has 4 aromatic rings. The lowest BCUT2D eigenvalue weighted by atomic mass is 10.3. The highest BCUT2D eigenvalue weighted by molar-refractivity contribution is 5.91. The van der Waals surface area contributed by atoms with Crippen molar-refractivity contribution in [2.24, 2.45) is 0 Å². The number of nitrogens with one attached hydrogen (secondary N) is 2. The number of anilines is 1. The van der Waals surface area contributed by atoms with Crippen LogP contribution in [0.15, 0.2) is 64.0 Å². The lowest BCUT2D eigenvalue weighted by Gasteiger charge is -2.10. The van der Waals surface area contributed by atoms with Crippen molar-refractivity contribution in [1.29, 1.82) is 0 Å². The van der Waals surface area contributed by atoms with Crippen molar-refractivity contribution in [3.8, 4) is 28.9 Å². The molecule has 3 aromatic heterocycles. The Morgan fingerprint density at radius 3 is 2.66 bits per heavy atom. The first-order valence-electron chi connectivity index (χ1n) is 9.87. The highest BCUT2D eigenvalue weighted by Crippen LogP contribution is 2.24. The van der Waals surface area contributed by atoms with Crippen molar-refractivity contribution in [3.63, 3.8) is 0 Å². The van der Waals surface area contributed by atoms with Gasteiger partial charge in [-0.05, 0) is 42.8 Å². The Bertz CT molecular complexity index is 1260. The van der Waals surface area contributed by atoms with E-state index in [0.29, 0.717) is 40.9 Å². The topological polar surface area (TPSA) is 124 Å². The molecule has 3 heterocycles. The number of aromatic amines is 1. The molecule has 1 amide bonds. The van der Waals surface area contributed by atoms with Gasteiger partial charge in [0.1, 0.15) is 23.0 Å². The second-order valence-electron chi connectivity index (χ2n) is 6.73. The molecular weight excluding hydrogens is 414 g/mol. The summed E-state index contributed by atoms with van der Waals surface area (Å²) in [7, 11) is 1.57. The third-order valence-electron chi connectivity index (χ3n) is 4.52. The predicted molar refractivity (Wildman–Crippen MR) is 116 cm³/mol. The second-order valence-corrected chi connectivity index (χ2v) is 6.73. The summed E-state index contributed by atoms with van der Waals surface area (Å²) in [5.74, 6) is 1.78. The van der Waals surface area contributed by atoms with Crippen molar-refractivity contribution < 1.29 is 18.7 Å². The van der Waals surface area contributed by atoms with E-state index in [1.54, 1.807) is 49.6 Å². The average molecular weight is 435 g/mol. The van der Waals surface area contributed by atoms with Gasteiger partial charge < -0.3 is 19.2 Å². The Kier molecular flexibility index (Phi) is 6.02. The number of carbonyl (C=O) groups is 1. The molecular formula is C22H21N5O5. The minimum Gasteiger partial charge on any atom is -0.497 e. The van der Waals surface area contributed by atoms with Crippen molar-refractivity contribution in [2.75, 3.05) is 19.0 Å². The first-order valence-corrected chi connectivity index (χ1v) is 9.87. The molecule has 0 saturated heterocycles. The maximum atomic E-state index is 12.6. The van der Waals surface area contributed by atoms with Gasteiger partial charge >= 0.3 is 0 Å². The number of ether oxygens (including phenoxy) is 2. The number of H-pyrrole nitrogens is 1. The van der Waals surface area contributed by atoms with Gasteiger partial charge in [0, 0.05) is 17.8 Å². The minimum absolute atomic E-state index is 0.179. The summed E-state index contributed by atoms with van der Waals surface area (Å²) in [6, 6.07) is 13.4. The van der Waals surface area contributed by atoms with Crippen LogP contribution < -0.4 is 20.3 Å². The van der Waals surface area contributed by atoms with Gasteiger partial charge in [-0.25, -0.2) is 4.98 Å². The molecule has 10 heteroatoms. The number of amides is 1. The van der Waals surface area contributed by atoms with Crippen molar-refractivity contribution in [2.45, 2.75) is 13.3 Å². The summed E-state index contributed by atoms with van der Waals surface area (Å²) in [5.41, 5.74) is 0.742. The molecule has 0 unspecified atom stereocenters. The smallest absolute Gasteiger partial charge is 0.263 e. The van der Waals surface area contributed by atoms with Crippen LogP contribution in [0.3, 0.4) is 0 Å². The number of furan rings is 1. The lowest BCUT2D eigenvalue weighted by molar-refractivity contribution is -0.118. The predicted octanol–water partition coefficient (Wildman–Crippen LogP) is 2.80. The molecule has 2 N–H and O–H groups in total. The standard InChI is InChI=1S/C22H21N5O5/c1-3-14-11-20(28)25-22(23-14)27-19(12-17(26-27)18-5-4-10-31-18)24-21(29)13-32-16-8-6-15(30-2)7-9-16/h4-12H,3,13H2,1-2H3,(H,24,29)(H,23,25,28). The van der Waals surface area contributed by atoms with Gasteiger partial charge in [-0.1, -0.05) is 6.92 Å². The Hall–Kier alpha value is -4.34. The largest absolute Gasteiger partial charge is 0.497 e. The molecule has 10 nitrogen and oxygen atoms in total. The van der Waals surface area contributed by atoms with E-state index in [0.717, 1.165) is 0 Å². The number of nitrogens with zero attached hydrogens (tertiary/aromatic N) is 3. The molecule has 4 rings (SSSR count). The number of hydrogen-bond donors (Lipinski definition) is 2. The summed E-state index contributed by atoms with van der Waals surface area (Å²) in [6.45, 7) is 1.66. The quantitative estimate of drug-likeness (QED) is 0.436. The highest BCUT2D eigenvalue weighted by atomic mass is 16.5. The molecule has 164 valence electrons. The van der Waals surface area contributed by atoms with Crippen LogP contribution in [-0.2, 0) is 11.2 Å². The maximum Gasteiger partial charge on any atom is 0.263 e. The van der Waals surface area contributed by atoms with Gasteiger partial charge in [0.25, 0.3) is 11.5 Å². The van der Waals surface area contributed by atoms with Gasteiger partial charge in [0.2, 0.25) is 5.95 Å². The molecule has 0 fully saturated rings. The molecule has 32 heavy (non-hydrogen) atoms. The van der Waals surface area contributed by atoms with Crippen LogP contribution in [0.5, 0.6) is 11.5 Å². The van der Waals surface area contributed by atoms with Crippen LogP contribution in [-0.4, -0.2) is 39.4 Å². The molecule has 0 atom stereocenters. The summed E-state index contributed by atoms with van der Waals surface area (Å²) in [4.78, 5) is 31.7. The molecule has 0 aliphatic carbocycles. The number of benzene rings is 1. The van der Waals surface area contributed by atoms with Crippen LogP contribution in [0.25, 0.3) is 17.4 Å². The van der Waals surface area contributed by atoms with E-state index >= 15 is 0 Å². The Balaban J connectivity index is 1.58. The zero-order chi connectivity index (χ0) is 22.5. The molecule has 0 aliphatic rings. The fourth-order valence-electron chi connectivity index (χ4n) is 2.95. The van der Waals surface area contributed by atoms with E-state index in [-0.39, 0.29) is 18.1 Å². The second kappa shape index (κ2) is 9.21. The zero-order valence-corrected chi connectivity index (χ0v) is 17.5. The van der Waals surface area contributed by atoms with E-state index in [4.69, 9.17) is 13.9 Å². The van der Waals surface area contributed by atoms with E-state index in [1.807, 2.05) is 6.92 Å². The normalized spacial score (nSPS) is 10.7. The van der Waals surface area contributed by atoms with E-state index in [9.17, 15) is 9.59 Å². The van der Waals surface area contributed by atoms with E-state index < -0.39 is 5.91 Å². The van der Waals surface area contributed by atoms with E-state index in [2.05, 4.69) is 20.4 Å². The molecule has 0 saturated carbocycles. The zero-order valence-electron chi connectivity index (χ0n) is 17.5. The van der Waals surface area contributed by atoms with E-state index in [1.165, 1.54) is 17.0 Å². The van der Waals surface area contributed by atoms with Crippen molar-refractivity contribution in [3.05, 3.63) is 70.8 Å². The Morgan fingerprint density at radius 2 is 1.97 bits per heavy atom. The number of aromatic nitrogens is 4. The first kappa shape index (κ1) is 20.9. The molecule has 0 aliphatic heterocycles. The highest BCUT2D eigenvalue weighted by Gasteiger charge is 2.17. The minimum atomic E-state index is -0.415. The fourth-order valence-corrected chi connectivity index (χ4v) is 2.95. The average Bonchev–Trinajstić information content (AvgIpc) is 3.48. The fraction of sp³-hybridized carbons (Fsp3) is 0.182. The third kappa shape index (κ3) is 4.69. The summed E-state index contributed by atoms with van der Waals surface area (Å²) in [6.07, 6.45) is 2.09. The Morgan fingerprint density at radius 1 is 1.19 bits per heavy atom. The van der Waals surface area contributed by atoms with Crippen LogP contribution in [0.2, 0.25) is 0 Å². The number of hydrogen-bond acceptors (Lipinski definition) is 7. The van der Waals surface area contributed by atoms with Gasteiger partial charge in [-0.3, -0.25) is 14.6 Å². The van der Waals surface area contributed by atoms with Crippen molar-refractivity contribution >= 4 is 11.7 Å². The van der Waals surface area contributed by atoms with Gasteiger partial charge in [-0.2, -0.15) is 9.78 Å². The van der Waals surface area contributed by atoms with Crippen LogP contribution in [0, 0.1) is 0 Å². The SMILES string of the molecule is CCc1cc(=O)[nH]c(-n2nc(-c3ccco3)cc2NC(=O)COc2ccc(OC)cc2)n1. The van der Waals surface area contributed by atoms with Crippen LogP contribution in [0.4, 0.5) is 5.82 Å². The molecule has 0 bridgehead atoms. The number of aryl methyl sites for hydroxylation is 1. The van der Waals surface area contributed by atoms with Crippen molar-refractivity contribution in [1.82, 2.24) is 19.7 Å². The monoisotopic (exact) mass is 435 g/mol. The van der Waals surface area contributed by atoms with Crippen LogP contribution in [0.1, 0.15) is 12.6 Å². The number of carbonyl (C=O) groups excluding carboxylic acids is 1. The maximum absolute atomic E-state index is 12.6. The molecule has 1 aromatic carbocycles. The molecule has 0 radical (unpaired) electrons. The van der Waals surface area contributed by atoms with Crippen LogP contribution >= 0.6 is 0 Å². The lowest BCUT2D eigenvalue weighted by Crippen LogP contribution is -2.23. The van der Waals surface area contributed by atoms with Gasteiger partial charge in [0.15, 0.2) is 12.4 Å². The Labute approximate surface area is 182 Å². The third-order valence-corrected chi connectivity index (χ3v) is 4.52. The number of rotatable bonds is 8. The summed E-state index contributed by atoms with van der Waals surface area (Å²) in [5, 5.41) is 7.20. The molecule has 0 spiro atoms. The summed E-state index contributed by atoms with van der Waals surface area (Å²) < 4.78 is 17.4. The number of methoxy groups -OCH3 is 1.